The number of carbonyl (C=O) groups is 5. The minimum absolute atomic E-state index is 0.238. The van der Waals surface area contributed by atoms with Crippen LogP contribution in [0.5, 0.6) is 0 Å². The normalized spacial score (nSPS) is 23.7. The summed E-state index contributed by atoms with van der Waals surface area (Å²) in [5.41, 5.74) is 5.55. The molecule has 4 atom stereocenters. The lowest BCUT2D eigenvalue weighted by atomic mass is 9.87. The summed E-state index contributed by atoms with van der Waals surface area (Å²) in [7, 11) is 0. The van der Waals surface area contributed by atoms with Gasteiger partial charge < -0.3 is 30.0 Å². The van der Waals surface area contributed by atoms with Crippen LogP contribution in [0.25, 0.3) is 0 Å². The first-order valence-corrected chi connectivity index (χ1v) is 8.40. The van der Waals surface area contributed by atoms with Crippen LogP contribution in [0.1, 0.15) is 27.7 Å². The highest BCUT2D eigenvalue weighted by Gasteiger charge is 2.47. The van der Waals surface area contributed by atoms with Crippen molar-refractivity contribution in [1.29, 1.82) is 0 Å². The molecular formula is C17H24N2O9. The Kier molecular flexibility index (Phi) is 8.58. The lowest BCUT2D eigenvalue weighted by molar-refractivity contribution is -0.184. The van der Waals surface area contributed by atoms with E-state index in [1.54, 1.807) is 0 Å². The van der Waals surface area contributed by atoms with Gasteiger partial charge in [-0.15, -0.1) is 0 Å². The van der Waals surface area contributed by atoms with Crippen molar-refractivity contribution in [3.05, 3.63) is 11.6 Å². The number of carbonyl (C=O) groups excluding carboxylic acids is 5. The van der Waals surface area contributed by atoms with Gasteiger partial charge in [-0.05, 0) is 0 Å². The summed E-state index contributed by atoms with van der Waals surface area (Å²) in [5.74, 6) is -3.33. The second kappa shape index (κ2) is 10.4. The smallest absolute Gasteiger partial charge is 0.303 e. The molecule has 0 saturated heterocycles. The maximum Gasteiger partial charge on any atom is 0.303 e. The molecule has 0 unspecified atom stereocenters. The molecule has 0 aromatic carbocycles. The van der Waals surface area contributed by atoms with Gasteiger partial charge in [0.05, 0.1) is 12.6 Å². The van der Waals surface area contributed by atoms with Gasteiger partial charge in [0, 0.05) is 33.3 Å². The Morgan fingerprint density at radius 2 is 1.43 bits per heavy atom. The van der Waals surface area contributed by atoms with E-state index in [4.69, 9.17) is 24.7 Å². The van der Waals surface area contributed by atoms with Crippen LogP contribution in [-0.4, -0.2) is 67.3 Å². The van der Waals surface area contributed by atoms with Gasteiger partial charge >= 0.3 is 23.9 Å². The average Bonchev–Trinajstić information content (AvgIpc) is 2.57. The van der Waals surface area contributed by atoms with Crippen LogP contribution in [0.4, 0.5) is 0 Å². The topological polar surface area (TPSA) is 160 Å². The fourth-order valence-corrected chi connectivity index (χ4v) is 2.67. The molecule has 0 aliphatic heterocycles. The van der Waals surface area contributed by atoms with E-state index in [1.807, 2.05) is 0 Å². The summed E-state index contributed by atoms with van der Waals surface area (Å²) < 4.78 is 20.7. The van der Waals surface area contributed by atoms with Crippen molar-refractivity contribution in [1.82, 2.24) is 5.32 Å². The Balaban J connectivity index is 3.42. The molecule has 1 amide bonds. The highest BCUT2D eigenvalue weighted by Crippen LogP contribution is 2.28. The summed E-state index contributed by atoms with van der Waals surface area (Å²) in [6.07, 6.45) is -2.28. The zero-order chi connectivity index (χ0) is 21.4. The first kappa shape index (κ1) is 23.1. The number of hydrogen-bond acceptors (Lipinski definition) is 10. The van der Waals surface area contributed by atoms with Crippen molar-refractivity contribution in [2.45, 2.75) is 52.0 Å². The second-order valence-electron chi connectivity index (χ2n) is 6.00. The molecule has 11 heteroatoms. The molecule has 11 nitrogen and oxygen atoms in total. The molecule has 156 valence electrons. The highest BCUT2D eigenvalue weighted by molar-refractivity contribution is 5.78. The molecule has 1 aliphatic rings. The quantitative estimate of drug-likeness (QED) is 0.299. The molecule has 3 N–H and O–H groups in total. The van der Waals surface area contributed by atoms with Crippen molar-refractivity contribution in [2.24, 2.45) is 5.73 Å². The van der Waals surface area contributed by atoms with Crippen LogP contribution >= 0.6 is 0 Å². The van der Waals surface area contributed by atoms with E-state index in [0.717, 1.165) is 20.8 Å². The van der Waals surface area contributed by atoms with Gasteiger partial charge in [-0.2, -0.15) is 0 Å². The first-order chi connectivity index (χ1) is 13.0. The van der Waals surface area contributed by atoms with Crippen molar-refractivity contribution in [3.63, 3.8) is 0 Å². The molecule has 0 heterocycles. The Morgan fingerprint density at radius 3 is 1.89 bits per heavy atom. The molecule has 0 fully saturated rings. The van der Waals surface area contributed by atoms with E-state index in [-0.39, 0.29) is 18.7 Å². The molecule has 0 saturated carbocycles. The van der Waals surface area contributed by atoms with Gasteiger partial charge in [-0.25, -0.2) is 0 Å². The van der Waals surface area contributed by atoms with Crippen LogP contribution in [0.3, 0.4) is 0 Å². The van der Waals surface area contributed by atoms with Crippen molar-refractivity contribution in [3.8, 4) is 0 Å². The molecule has 0 radical (unpaired) electrons. The minimum atomic E-state index is -1.29. The predicted molar refractivity (Wildman–Crippen MR) is 92.4 cm³/mol. The van der Waals surface area contributed by atoms with Gasteiger partial charge in [-0.1, -0.05) is 6.08 Å². The lowest BCUT2D eigenvalue weighted by Crippen LogP contribution is -2.59. The van der Waals surface area contributed by atoms with Gasteiger partial charge in [-0.3, -0.25) is 24.0 Å². The SMILES string of the molecule is CC(=O)OCC1=C[C@@H](NC(=O)CN)[C@@H](OC(C)=O)[C@@H](OC(C)=O)[C@@H]1OC(C)=O. The summed E-state index contributed by atoms with van der Waals surface area (Å²) >= 11 is 0. The third kappa shape index (κ3) is 6.99. The maximum atomic E-state index is 11.8. The maximum absolute atomic E-state index is 11.8. The Morgan fingerprint density at radius 1 is 0.893 bits per heavy atom. The Bertz CT molecular complexity index is 674. The number of amides is 1. The van der Waals surface area contributed by atoms with Crippen LogP contribution in [0.15, 0.2) is 11.6 Å². The van der Waals surface area contributed by atoms with Crippen molar-refractivity contribution >= 4 is 29.8 Å². The Hall–Kier alpha value is -2.95. The zero-order valence-corrected chi connectivity index (χ0v) is 16.1. The summed E-state index contributed by atoms with van der Waals surface area (Å²) in [6.45, 7) is 3.92. The largest absolute Gasteiger partial charge is 0.461 e. The highest BCUT2D eigenvalue weighted by atomic mass is 16.6. The first-order valence-electron chi connectivity index (χ1n) is 8.40. The summed E-state index contributed by atoms with van der Waals surface area (Å²) in [4.78, 5) is 57.7. The predicted octanol–water partition coefficient (Wildman–Crippen LogP) is -1.27. The van der Waals surface area contributed by atoms with Gasteiger partial charge in [0.25, 0.3) is 0 Å². The fraction of sp³-hybridized carbons (Fsp3) is 0.588. The van der Waals surface area contributed by atoms with Crippen molar-refractivity contribution in [2.75, 3.05) is 13.2 Å². The van der Waals surface area contributed by atoms with Crippen LogP contribution in [0, 0.1) is 0 Å². The second-order valence-corrected chi connectivity index (χ2v) is 6.00. The number of hydrogen-bond donors (Lipinski definition) is 2. The summed E-state index contributed by atoms with van der Waals surface area (Å²) in [5, 5.41) is 2.53. The molecule has 0 bridgehead atoms. The van der Waals surface area contributed by atoms with Crippen LogP contribution in [-0.2, 0) is 42.9 Å². The Labute approximate surface area is 161 Å². The number of nitrogens with one attached hydrogen (secondary N) is 1. The van der Waals surface area contributed by atoms with Gasteiger partial charge in [0.2, 0.25) is 5.91 Å². The molecule has 0 aromatic heterocycles. The van der Waals surface area contributed by atoms with Crippen LogP contribution in [0.2, 0.25) is 0 Å². The summed E-state index contributed by atoms with van der Waals surface area (Å²) in [6, 6.07) is -0.971. The lowest BCUT2D eigenvalue weighted by Gasteiger charge is -2.40. The number of esters is 4. The number of rotatable bonds is 7. The van der Waals surface area contributed by atoms with E-state index in [9.17, 15) is 24.0 Å². The number of nitrogens with two attached hydrogens (primary N) is 1. The monoisotopic (exact) mass is 400 g/mol. The van der Waals surface area contributed by atoms with Crippen molar-refractivity contribution < 1.29 is 42.9 Å². The minimum Gasteiger partial charge on any atom is -0.461 e. The molecule has 1 rings (SSSR count). The molecule has 28 heavy (non-hydrogen) atoms. The average molecular weight is 400 g/mol. The van der Waals surface area contributed by atoms with E-state index in [0.29, 0.717) is 0 Å². The van der Waals surface area contributed by atoms with Gasteiger partial charge in [0.15, 0.2) is 18.3 Å². The molecule has 1 aliphatic carbocycles. The van der Waals surface area contributed by atoms with Crippen LogP contribution < -0.4 is 11.1 Å². The van der Waals surface area contributed by atoms with E-state index in [1.165, 1.54) is 13.0 Å². The fourth-order valence-electron chi connectivity index (χ4n) is 2.67. The van der Waals surface area contributed by atoms with Gasteiger partial charge in [0.1, 0.15) is 6.61 Å². The van der Waals surface area contributed by atoms with E-state index >= 15 is 0 Å². The zero-order valence-electron chi connectivity index (χ0n) is 16.1. The third-order valence-corrected chi connectivity index (χ3v) is 3.59. The molecule has 0 spiro atoms. The standard InChI is InChI=1S/C17H24N2O9/c1-8(20)25-7-12-5-13(19-14(24)6-18)16(27-10(3)22)17(28-11(4)23)15(12)26-9(2)21/h5,13,15-17H,6-7,18H2,1-4H3,(H,19,24)/t13-,15-,16-,17+/m1/s1. The molecule has 0 aromatic rings. The number of ether oxygens (including phenoxy) is 4. The molecular weight excluding hydrogens is 376 g/mol. The van der Waals surface area contributed by atoms with E-state index in [2.05, 4.69) is 5.32 Å². The third-order valence-electron chi connectivity index (χ3n) is 3.59. The van der Waals surface area contributed by atoms with E-state index < -0.39 is 54.1 Å².